The summed E-state index contributed by atoms with van der Waals surface area (Å²) in [4.78, 5) is 0. The summed E-state index contributed by atoms with van der Waals surface area (Å²) in [5.41, 5.74) is 6.74. The number of hydrogen-bond acceptors (Lipinski definition) is 1. The van der Waals surface area contributed by atoms with Crippen molar-refractivity contribution in [2.75, 3.05) is 12.4 Å². The highest BCUT2D eigenvalue weighted by Crippen LogP contribution is 2.27. The van der Waals surface area contributed by atoms with Gasteiger partial charge >= 0.3 is 0 Å². The van der Waals surface area contributed by atoms with Gasteiger partial charge in [0.1, 0.15) is 0 Å². The molecule has 0 saturated carbocycles. The second kappa shape index (κ2) is 9.12. The van der Waals surface area contributed by atoms with Crippen molar-refractivity contribution in [3.8, 4) is 0 Å². The summed E-state index contributed by atoms with van der Waals surface area (Å²) < 4.78 is 0. The quantitative estimate of drug-likeness (QED) is 0.797. The van der Waals surface area contributed by atoms with Crippen molar-refractivity contribution in [3.05, 3.63) is 33.8 Å². The van der Waals surface area contributed by atoms with E-state index in [9.17, 15) is 0 Å². The lowest BCUT2D eigenvalue weighted by Gasteiger charge is -2.14. The summed E-state index contributed by atoms with van der Waals surface area (Å²) in [6.07, 6.45) is 0.857. The minimum atomic E-state index is 0.266. The summed E-state index contributed by atoms with van der Waals surface area (Å²) in [5.74, 6) is 0.865. The van der Waals surface area contributed by atoms with Crippen LogP contribution in [0.25, 0.3) is 0 Å². The minimum Gasteiger partial charge on any atom is -0.330 e. The van der Waals surface area contributed by atoms with Gasteiger partial charge in [-0.25, -0.2) is 0 Å². The molecule has 0 saturated heterocycles. The molecule has 2 N–H and O–H groups in total. The fraction of sp³-hybridized carbons (Fsp3) is 0.500. The minimum absolute atomic E-state index is 0.266. The van der Waals surface area contributed by atoms with E-state index in [0.717, 1.165) is 12.0 Å². The number of hydrogen-bond donors (Lipinski definition) is 1. The van der Waals surface area contributed by atoms with Gasteiger partial charge in [0.15, 0.2) is 0 Å². The van der Waals surface area contributed by atoms with Crippen LogP contribution in [0.3, 0.4) is 0 Å². The molecular weight excluding hydrogens is 264 g/mol. The number of alkyl halides is 1. The normalized spacial score (nSPS) is 11.6. The van der Waals surface area contributed by atoms with Gasteiger partial charge in [-0.2, -0.15) is 0 Å². The zero-order valence-electron chi connectivity index (χ0n) is 9.64. The Bertz CT molecular complexity index is 302. The van der Waals surface area contributed by atoms with E-state index >= 15 is 0 Å². The van der Waals surface area contributed by atoms with Crippen LogP contribution >= 0.6 is 34.8 Å². The molecule has 4 heteroatoms. The monoisotopic (exact) mass is 281 g/mol. The van der Waals surface area contributed by atoms with E-state index in [-0.39, 0.29) is 5.92 Å². The van der Waals surface area contributed by atoms with Gasteiger partial charge in [-0.3, -0.25) is 0 Å². The zero-order valence-corrected chi connectivity index (χ0v) is 11.9. The Hall–Kier alpha value is 0.0500. The molecule has 0 spiro atoms. The van der Waals surface area contributed by atoms with Crippen molar-refractivity contribution in [2.24, 2.45) is 5.73 Å². The van der Waals surface area contributed by atoms with Crippen LogP contribution in [0, 0.1) is 0 Å². The molecule has 0 bridgehead atoms. The summed E-state index contributed by atoms with van der Waals surface area (Å²) >= 11 is 17.4. The van der Waals surface area contributed by atoms with Gasteiger partial charge in [-0.05, 0) is 36.6 Å². The summed E-state index contributed by atoms with van der Waals surface area (Å²) in [6, 6.07) is 5.59. The van der Waals surface area contributed by atoms with E-state index in [1.807, 2.05) is 26.0 Å². The van der Waals surface area contributed by atoms with Gasteiger partial charge in [-0.1, -0.05) is 43.1 Å². The Kier molecular flexibility index (Phi) is 9.15. The van der Waals surface area contributed by atoms with E-state index in [4.69, 9.17) is 40.5 Å². The first kappa shape index (κ1) is 16.1. The van der Waals surface area contributed by atoms with Gasteiger partial charge in [0.05, 0.1) is 10.0 Å². The molecule has 0 aliphatic rings. The van der Waals surface area contributed by atoms with Crippen molar-refractivity contribution in [1.82, 2.24) is 0 Å². The average molecular weight is 283 g/mol. The van der Waals surface area contributed by atoms with Gasteiger partial charge in [0, 0.05) is 5.88 Å². The van der Waals surface area contributed by atoms with Crippen LogP contribution in [0.4, 0.5) is 0 Å². The topological polar surface area (TPSA) is 26.0 Å². The van der Waals surface area contributed by atoms with Crippen LogP contribution in [-0.2, 0) is 0 Å². The Morgan fingerprint density at radius 2 is 1.81 bits per heavy atom. The lowest BCUT2D eigenvalue weighted by atomic mass is 9.97. The number of rotatable bonds is 4. The molecule has 92 valence electrons. The maximum Gasteiger partial charge on any atom is 0.0595 e. The molecule has 0 fully saturated rings. The van der Waals surface area contributed by atoms with E-state index in [1.165, 1.54) is 0 Å². The summed E-state index contributed by atoms with van der Waals surface area (Å²) in [5, 5.41) is 1.13. The Labute approximate surface area is 113 Å². The Morgan fingerprint density at radius 3 is 2.25 bits per heavy atom. The predicted octanol–water partition coefficient (Wildman–Crippen LogP) is 4.69. The second-order valence-corrected chi connectivity index (χ2v) is 4.28. The maximum absolute atomic E-state index is 5.91. The van der Waals surface area contributed by atoms with E-state index in [1.54, 1.807) is 6.07 Å². The SMILES string of the molecule is CC.NC[C@@H](CCCl)c1ccc(Cl)c(Cl)c1. The third-order valence-electron chi connectivity index (χ3n) is 2.16. The average Bonchev–Trinajstić information content (AvgIpc) is 2.32. The van der Waals surface area contributed by atoms with Crippen molar-refractivity contribution in [1.29, 1.82) is 0 Å². The highest BCUT2D eigenvalue weighted by molar-refractivity contribution is 6.42. The third-order valence-corrected chi connectivity index (χ3v) is 3.11. The first-order valence-corrected chi connectivity index (χ1v) is 6.69. The summed E-state index contributed by atoms with van der Waals surface area (Å²) in [6.45, 7) is 4.57. The van der Waals surface area contributed by atoms with E-state index in [0.29, 0.717) is 22.5 Å². The van der Waals surface area contributed by atoms with Gasteiger partial charge in [0.25, 0.3) is 0 Å². The van der Waals surface area contributed by atoms with Crippen molar-refractivity contribution in [2.45, 2.75) is 26.2 Å². The second-order valence-electron chi connectivity index (χ2n) is 3.08. The molecule has 0 aliphatic carbocycles. The van der Waals surface area contributed by atoms with Crippen LogP contribution in [0.2, 0.25) is 10.0 Å². The maximum atomic E-state index is 5.91. The van der Waals surface area contributed by atoms with Gasteiger partial charge < -0.3 is 5.73 Å². The van der Waals surface area contributed by atoms with Crippen molar-refractivity contribution >= 4 is 34.8 Å². The number of halogens is 3. The molecule has 0 aliphatic heterocycles. The van der Waals surface area contributed by atoms with Crippen LogP contribution < -0.4 is 5.73 Å². The van der Waals surface area contributed by atoms with Gasteiger partial charge in [0.2, 0.25) is 0 Å². The smallest absolute Gasteiger partial charge is 0.0595 e. The van der Waals surface area contributed by atoms with E-state index in [2.05, 4.69) is 0 Å². The fourth-order valence-corrected chi connectivity index (χ4v) is 1.89. The zero-order chi connectivity index (χ0) is 12.6. The van der Waals surface area contributed by atoms with Crippen LogP contribution in [0.15, 0.2) is 18.2 Å². The molecular formula is C12H18Cl3N. The van der Waals surface area contributed by atoms with Crippen molar-refractivity contribution < 1.29 is 0 Å². The van der Waals surface area contributed by atoms with Crippen LogP contribution in [0.1, 0.15) is 31.7 Å². The van der Waals surface area contributed by atoms with Crippen LogP contribution in [-0.4, -0.2) is 12.4 Å². The highest BCUT2D eigenvalue weighted by atomic mass is 35.5. The molecule has 0 aromatic heterocycles. The molecule has 1 atom stereocenters. The summed E-state index contributed by atoms with van der Waals surface area (Å²) in [7, 11) is 0. The highest BCUT2D eigenvalue weighted by Gasteiger charge is 2.10. The molecule has 1 nitrogen and oxygen atoms in total. The molecule has 0 unspecified atom stereocenters. The van der Waals surface area contributed by atoms with Crippen molar-refractivity contribution in [3.63, 3.8) is 0 Å². The molecule has 1 aromatic rings. The molecule has 16 heavy (non-hydrogen) atoms. The molecule has 0 radical (unpaired) electrons. The first-order valence-electron chi connectivity index (χ1n) is 5.40. The third kappa shape index (κ3) is 4.92. The van der Waals surface area contributed by atoms with Crippen LogP contribution in [0.5, 0.6) is 0 Å². The standard InChI is InChI=1S/C10H12Cl3N.C2H6/c11-4-3-8(6-14)7-1-2-9(12)10(13)5-7;1-2/h1-2,5,8H,3-4,6,14H2;1-2H3/t8-;/m1./s1. The molecule has 1 rings (SSSR count). The molecule has 0 heterocycles. The largest absolute Gasteiger partial charge is 0.330 e. The first-order chi connectivity index (χ1) is 7.69. The Morgan fingerprint density at radius 1 is 1.19 bits per heavy atom. The molecule has 0 amide bonds. The Balaban J connectivity index is 0.00000106. The predicted molar refractivity (Wildman–Crippen MR) is 74.9 cm³/mol. The lowest BCUT2D eigenvalue weighted by Crippen LogP contribution is -2.13. The lowest BCUT2D eigenvalue weighted by molar-refractivity contribution is 0.678. The van der Waals surface area contributed by atoms with E-state index < -0.39 is 0 Å². The fourth-order valence-electron chi connectivity index (χ4n) is 1.32. The molecule has 1 aromatic carbocycles. The van der Waals surface area contributed by atoms with Gasteiger partial charge in [-0.15, -0.1) is 11.6 Å². The number of nitrogens with two attached hydrogens (primary N) is 1. The number of benzene rings is 1.